The SMILES string of the molecule is CC(=O)NCc1ccc(-c2csc(NC(=O)c3ccc(Nc4ccccc4)c([N+](=O)[O-])c3)n2)o1. The highest BCUT2D eigenvalue weighted by atomic mass is 32.1. The smallest absolute Gasteiger partial charge is 0.293 e. The van der Waals surface area contributed by atoms with E-state index in [0.29, 0.717) is 28.0 Å². The Morgan fingerprint density at radius 1 is 1.12 bits per heavy atom. The maximum absolute atomic E-state index is 12.7. The lowest BCUT2D eigenvalue weighted by Crippen LogP contribution is -2.18. The summed E-state index contributed by atoms with van der Waals surface area (Å²) in [5.41, 5.74) is 1.38. The van der Waals surface area contributed by atoms with E-state index in [-0.39, 0.29) is 29.4 Å². The molecular weight excluding hydrogens is 458 g/mol. The van der Waals surface area contributed by atoms with E-state index in [1.807, 2.05) is 18.2 Å². The van der Waals surface area contributed by atoms with E-state index in [1.165, 1.54) is 36.5 Å². The highest BCUT2D eigenvalue weighted by molar-refractivity contribution is 7.14. The molecule has 10 nitrogen and oxygen atoms in total. The van der Waals surface area contributed by atoms with E-state index >= 15 is 0 Å². The number of carbonyl (C=O) groups excluding carboxylic acids is 2. The number of nitrogens with zero attached hydrogens (tertiary/aromatic N) is 2. The van der Waals surface area contributed by atoms with E-state index in [9.17, 15) is 19.7 Å². The Bertz CT molecular complexity index is 1350. The lowest BCUT2D eigenvalue weighted by molar-refractivity contribution is -0.383. The highest BCUT2D eigenvalue weighted by Crippen LogP contribution is 2.30. The molecule has 0 aliphatic carbocycles. The lowest BCUT2D eigenvalue weighted by Gasteiger charge is -2.08. The molecular formula is C23H19N5O5S. The Labute approximate surface area is 197 Å². The Balaban J connectivity index is 1.47. The molecule has 3 N–H and O–H groups in total. The van der Waals surface area contributed by atoms with Gasteiger partial charge in [0.05, 0.1) is 11.5 Å². The summed E-state index contributed by atoms with van der Waals surface area (Å²) in [4.78, 5) is 39.1. The molecule has 11 heteroatoms. The normalized spacial score (nSPS) is 10.5. The van der Waals surface area contributed by atoms with Crippen molar-refractivity contribution >= 4 is 45.3 Å². The van der Waals surface area contributed by atoms with Crippen LogP contribution in [0.15, 0.2) is 70.5 Å². The fourth-order valence-electron chi connectivity index (χ4n) is 3.04. The first-order valence-corrected chi connectivity index (χ1v) is 11.0. The van der Waals surface area contributed by atoms with E-state index < -0.39 is 10.8 Å². The van der Waals surface area contributed by atoms with Crippen molar-refractivity contribution in [2.75, 3.05) is 10.6 Å². The van der Waals surface area contributed by atoms with Gasteiger partial charge in [-0.2, -0.15) is 0 Å². The summed E-state index contributed by atoms with van der Waals surface area (Å²) < 4.78 is 5.66. The number of para-hydroxylation sites is 1. The fraction of sp³-hybridized carbons (Fsp3) is 0.0870. The first kappa shape index (κ1) is 22.7. The van der Waals surface area contributed by atoms with Crippen LogP contribution in [0, 0.1) is 10.1 Å². The zero-order valence-corrected chi connectivity index (χ0v) is 18.7. The Morgan fingerprint density at radius 2 is 1.91 bits per heavy atom. The topological polar surface area (TPSA) is 139 Å². The molecule has 4 rings (SSSR count). The van der Waals surface area contributed by atoms with Crippen molar-refractivity contribution in [3.8, 4) is 11.5 Å². The molecule has 0 fully saturated rings. The van der Waals surface area contributed by atoms with Crippen molar-refractivity contribution in [2.45, 2.75) is 13.5 Å². The fourth-order valence-corrected chi connectivity index (χ4v) is 3.74. The number of anilines is 3. The third-order valence-corrected chi connectivity index (χ3v) is 5.42. The van der Waals surface area contributed by atoms with E-state index in [0.717, 1.165) is 0 Å². The van der Waals surface area contributed by atoms with Crippen LogP contribution in [0.1, 0.15) is 23.0 Å². The van der Waals surface area contributed by atoms with Gasteiger partial charge in [0, 0.05) is 29.6 Å². The molecule has 0 atom stereocenters. The molecule has 0 saturated carbocycles. The van der Waals surface area contributed by atoms with Crippen molar-refractivity contribution < 1.29 is 18.9 Å². The Hall–Kier alpha value is -4.51. The molecule has 34 heavy (non-hydrogen) atoms. The minimum atomic E-state index is -0.543. The van der Waals surface area contributed by atoms with Gasteiger partial charge < -0.3 is 15.1 Å². The van der Waals surface area contributed by atoms with E-state index in [1.54, 1.807) is 29.6 Å². The standard InChI is InChI=1S/C23H19N5O5S/c1-14(29)24-12-17-8-10-21(33-17)19-13-34-23(26-19)27-22(30)15-7-9-18(20(11-15)28(31)32)25-16-5-3-2-4-6-16/h2-11,13,25H,12H2,1H3,(H,24,29)(H,26,27,30). The quantitative estimate of drug-likeness (QED) is 0.241. The predicted molar refractivity (Wildman–Crippen MR) is 128 cm³/mol. The predicted octanol–water partition coefficient (Wildman–Crippen LogP) is 4.94. The Kier molecular flexibility index (Phi) is 6.64. The zero-order valence-electron chi connectivity index (χ0n) is 17.9. The number of aromatic nitrogens is 1. The second-order valence-electron chi connectivity index (χ2n) is 7.15. The number of nitro benzene ring substituents is 1. The molecule has 2 aromatic carbocycles. The van der Waals surface area contributed by atoms with Crippen LogP contribution in [-0.2, 0) is 11.3 Å². The lowest BCUT2D eigenvalue weighted by atomic mass is 10.1. The van der Waals surface area contributed by atoms with Crippen molar-refractivity contribution in [3.63, 3.8) is 0 Å². The number of carbonyl (C=O) groups is 2. The summed E-state index contributed by atoms with van der Waals surface area (Å²) in [5, 5.41) is 21.9. The van der Waals surface area contributed by atoms with Crippen LogP contribution in [-0.4, -0.2) is 21.7 Å². The maximum atomic E-state index is 12.7. The van der Waals surface area contributed by atoms with Crippen LogP contribution in [0.2, 0.25) is 0 Å². The average Bonchev–Trinajstić information content (AvgIpc) is 3.48. The van der Waals surface area contributed by atoms with Gasteiger partial charge in [0.15, 0.2) is 10.9 Å². The largest absolute Gasteiger partial charge is 0.458 e. The van der Waals surface area contributed by atoms with Gasteiger partial charge in [-0.25, -0.2) is 4.98 Å². The van der Waals surface area contributed by atoms with Crippen LogP contribution >= 0.6 is 11.3 Å². The molecule has 0 bridgehead atoms. The van der Waals surface area contributed by atoms with Crippen molar-refractivity contribution in [2.24, 2.45) is 0 Å². The molecule has 2 heterocycles. The molecule has 2 aromatic heterocycles. The minimum absolute atomic E-state index is 0.123. The molecule has 0 spiro atoms. The van der Waals surface area contributed by atoms with Crippen LogP contribution in [0.4, 0.5) is 22.2 Å². The van der Waals surface area contributed by atoms with Gasteiger partial charge in [0.1, 0.15) is 17.1 Å². The van der Waals surface area contributed by atoms with Crippen LogP contribution in [0.3, 0.4) is 0 Å². The number of rotatable bonds is 8. The number of nitro groups is 1. The summed E-state index contributed by atoms with van der Waals surface area (Å²) >= 11 is 1.19. The van der Waals surface area contributed by atoms with Gasteiger partial charge >= 0.3 is 0 Å². The second kappa shape index (κ2) is 9.96. The van der Waals surface area contributed by atoms with Crippen molar-refractivity contribution in [3.05, 3.63) is 87.5 Å². The molecule has 0 saturated heterocycles. The summed E-state index contributed by atoms with van der Waals surface area (Å²) in [7, 11) is 0. The van der Waals surface area contributed by atoms with Gasteiger partial charge in [-0.05, 0) is 36.4 Å². The molecule has 172 valence electrons. The van der Waals surface area contributed by atoms with Gasteiger partial charge in [-0.15, -0.1) is 11.3 Å². The van der Waals surface area contributed by atoms with E-state index in [2.05, 4.69) is 20.9 Å². The number of hydrogen-bond donors (Lipinski definition) is 3. The number of nitrogens with one attached hydrogen (secondary N) is 3. The zero-order chi connectivity index (χ0) is 24.1. The van der Waals surface area contributed by atoms with E-state index in [4.69, 9.17) is 4.42 Å². The van der Waals surface area contributed by atoms with Gasteiger partial charge in [-0.3, -0.25) is 25.0 Å². The highest BCUT2D eigenvalue weighted by Gasteiger charge is 2.19. The molecule has 0 unspecified atom stereocenters. The summed E-state index contributed by atoms with van der Waals surface area (Å²) in [6.07, 6.45) is 0. The van der Waals surface area contributed by atoms with Crippen LogP contribution in [0.25, 0.3) is 11.5 Å². The molecule has 2 amide bonds. The van der Waals surface area contributed by atoms with Crippen molar-refractivity contribution in [1.82, 2.24) is 10.3 Å². The maximum Gasteiger partial charge on any atom is 0.293 e. The second-order valence-corrected chi connectivity index (χ2v) is 8.01. The third kappa shape index (κ3) is 5.45. The summed E-state index contributed by atoms with van der Waals surface area (Å²) in [6, 6.07) is 16.7. The van der Waals surface area contributed by atoms with Crippen molar-refractivity contribution in [1.29, 1.82) is 0 Å². The molecule has 0 aliphatic rings. The number of benzene rings is 2. The molecule has 0 radical (unpaired) electrons. The first-order chi connectivity index (χ1) is 16.4. The summed E-state index contributed by atoms with van der Waals surface area (Å²) in [6.45, 7) is 1.68. The molecule has 0 aliphatic heterocycles. The molecule has 4 aromatic rings. The summed E-state index contributed by atoms with van der Waals surface area (Å²) in [5.74, 6) is 0.367. The van der Waals surface area contributed by atoms with Gasteiger partial charge in [-0.1, -0.05) is 18.2 Å². The van der Waals surface area contributed by atoms with Crippen LogP contribution < -0.4 is 16.0 Å². The third-order valence-electron chi connectivity index (χ3n) is 4.66. The number of amides is 2. The van der Waals surface area contributed by atoms with Crippen LogP contribution in [0.5, 0.6) is 0 Å². The van der Waals surface area contributed by atoms with Gasteiger partial charge in [0.25, 0.3) is 11.6 Å². The average molecular weight is 478 g/mol. The monoisotopic (exact) mass is 477 g/mol. The number of furan rings is 1. The minimum Gasteiger partial charge on any atom is -0.458 e. The first-order valence-electron chi connectivity index (χ1n) is 10.1. The Morgan fingerprint density at radius 3 is 2.65 bits per heavy atom. The number of hydrogen-bond acceptors (Lipinski definition) is 8. The van der Waals surface area contributed by atoms with Gasteiger partial charge in [0.2, 0.25) is 5.91 Å². The number of thiazole rings is 1.